The Bertz CT molecular complexity index is 628. The van der Waals surface area contributed by atoms with Crippen LogP contribution in [0.5, 0.6) is 11.5 Å². The van der Waals surface area contributed by atoms with E-state index < -0.39 is 0 Å². The van der Waals surface area contributed by atoms with Gasteiger partial charge in [0.05, 0.1) is 24.8 Å². The van der Waals surface area contributed by atoms with Crippen LogP contribution in [0.15, 0.2) is 36.4 Å². The third kappa shape index (κ3) is 2.63. The maximum atomic E-state index is 11.4. The molecule has 2 aromatic rings. The van der Waals surface area contributed by atoms with E-state index in [0.29, 0.717) is 22.1 Å². The van der Waals surface area contributed by atoms with E-state index in [4.69, 9.17) is 21.1 Å². The highest BCUT2D eigenvalue weighted by molar-refractivity contribution is 6.34. The molecule has 0 aliphatic carbocycles. The van der Waals surface area contributed by atoms with Crippen molar-refractivity contribution in [1.29, 1.82) is 0 Å². The lowest BCUT2D eigenvalue weighted by Crippen LogP contribution is -1.96. The lowest BCUT2D eigenvalue weighted by molar-refractivity contribution is 0.101. The Morgan fingerprint density at radius 1 is 1.05 bits per heavy atom. The fourth-order valence-corrected chi connectivity index (χ4v) is 2.41. The first-order valence-corrected chi connectivity index (χ1v) is 6.48. The van der Waals surface area contributed by atoms with Gasteiger partial charge in [-0.15, -0.1) is 0 Å². The summed E-state index contributed by atoms with van der Waals surface area (Å²) in [5.74, 6) is 1.32. The van der Waals surface area contributed by atoms with Crippen LogP contribution in [0.25, 0.3) is 11.1 Å². The van der Waals surface area contributed by atoms with Crippen molar-refractivity contribution in [3.05, 3.63) is 47.0 Å². The highest BCUT2D eigenvalue weighted by atomic mass is 35.5. The van der Waals surface area contributed by atoms with E-state index in [2.05, 4.69) is 0 Å². The van der Waals surface area contributed by atoms with Crippen molar-refractivity contribution in [2.24, 2.45) is 0 Å². The van der Waals surface area contributed by atoms with Crippen LogP contribution in [-0.2, 0) is 0 Å². The first kappa shape index (κ1) is 14.4. The van der Waals surface area contributed by atoms with Crippen LogP contribution in [0.3, 0.4) is 0 Å². The normalized spacial score (nSPS) is 10.2. The number of methoxy groups -OCH3 is 2. The summed E-state index contributed by atoms with van der Waals surface area (Å²) < 4.78 is 10.7. The predicted molar refractivity (Wildman–Crippen MR) is 80.0 cm³/mol. The number of hydrogen-bond acceptors (Lipinski definition) is 3. The molecule has 0 unspecified atom stereocenters. The summed E-state index contributed by atoms with van der Waals surface area (Å²) in [4.78, 5) is 11.4. The molecule has 20 heavy (non-hydrogen) atoms. The minimum Gasteiger partial charge on any atom is -0.496 e. The molecule has 2 aromatic carbocycles. The molecule has 3 nitrogen and oxygen atoms in total. The zero-order valence-corrected chi connectivity index (χ0v) is 12.3. The lowest BCUT2D eigenvalue weighted by Gasteiger charge is -2.14. The van der Waals surface area contributed by atoms with Gasteiger partial charge in [-0.25, -0.2) is 0 Å². The Balaban J connectivity index is 2.62. The Labute approximate surface area is 123 Å². The van der Waals surface area contributed by atoms with Crippen molar-refractivity contribution < 1.29 is 14.3 Å². The minimum atomic E-state index is -0.0615. The van der Waals surface area contributed by atoms with Gasteiger partial charge in [0.1, 0.15) is 11.5 Å². The van der Waals surface area contributed by atoms with Gasteiger partial charge >= 0.3 is 0 Å². The van der Waals surface area contributed by atoms with E-state index in [1.54, 1.807) is 26.4 Å². The van der Waals surface area contributed by atoms with Crippen molar-refractivity contribution in [3.63, 3.8) is 0 Å². The van der Waals surface area contributed by atoms with Gasteiger partial charge in [0.15, 0.2) is 5.78 Å². The van der Waals surface area contributed by atoms with Crippen LogP contribution in [0.1, 0.15) is 17.3 Å². The third-order valence-electron chi connectivity index (χ3n) is 3.06. The van der Waals surface area contributed by atoms with Crippen LogP contribution < -0.4 is 9.47 Å². The largest absolute Gasteiger partial charge is 0.496 e. The van der Waals surface area contributed by atoms with Gasteiger partial charge in [-0.2, -0.15) is 0 Å². The molecule has 0 fully saturated rings. The van der Waals surface area contributed by atoms with E-state index in [1.165, 1.54) is 6.92 Å². The second-order valence-electron chi connectivity index (χ2n) is 4.29. The summed E-state index contributed by atoms with van der Waals surface area (Å²) in [5, 5.41) is 0.419. The fourth-order valence-electron chi connectivity index (χ4n) is 2.09. The zero-order valence-electron chi connectivity index (χ0n) is 11.6. The molecule has 0 aromatic heterocycles. The average molecular weight is 291 g/mol. The number of ketones is 1. The number of ether oxygens (including phenoxy) is 2. The number of hydrogen-bond donors (Lipinski definition) is 0. The van der Waals surface area contributed by atoms with Crippen molar-refractivity contribution in [2.75, 3.05) is 14.2 Å². The van der Waals surface area contributed by atoms with Gasteiger partial charge in [0.25, 0.3) is 0 Å². The van der Waals surface area contributed by atoms with Crippen LogP contribution >= 0.6 is 11.6 Å². The van der Waals surface area contributed by atoms with E-state index >= 15 is 0 Å². The molecule has 0 radical (unpaired) electrons. The molecule has 0 bridgehead atoms. The van der Waals surface area contributed by atoms with Crippen molar-refractivity contribution in [2.45, 2.75) is 6.92 Å². The Hall–Kier alpha value is -2.00. The van der Waals surface area contributed by atoms with Gasteiger partial charge in [-0.1, -0.05) is 23.7 Å². The van der Waals surface area contributed by atoms with Crippen LogP contribution in [0, 0.1) is 0 Å². The Morgan fingerprint density at radius 2 is 1.65 bits per heavy atom. The Kier molecular flexibility index (Phi) is 4.30. The van der Waals surface area contributed by atoms with E-state index in [1.807, 2.05) is 24.3 Å². The SMILES string of the molecule is COc1cccc(OC)c1-c1ccc(C(C)=O)c(Cl)c1. The Morgan fingerprint density at radius 3 is 2.10 bits per heavy atom. The second-order valence-corrected chi connectivity index (χ2v) is 4.70. The van der Waals surface area contributed by atoms with E-state index in [-0.39, 0.29) is 5.78 Å². The summed E-state index contributed by atoms with van der Waals surface area (Å²) in [7, 11) is 3.20. The standard InChI is InChI=1S/C16H15ClO3/c1-10(18)12-8-7-11(9-13(12)17)16-14(19-2)5-4-6-15(16)20-3/h4-9H,1-3H3. The van der Waals surface area contributed by atoms with Crippen molar-refractivity contribution >= 4 is 17.4 Å². The predicted octanol–water partition coefficient (Wildman–Crippen LogP) is 4.23. The molecule has 104 valence electrons. The summed E-state index contributed by atoms with van der Waals surface area (Å²) in [6, 6.07) is 10.9. The summed E-state index contributed by atoms with van der Waals surface area (Å²) >= 11 is 6.16. The average Bonchev–Trinajstić information content (AvgIpc) is 2.45. The van der Waals surface area contributed by atoms with Gasteiger partial charge in [-0.05, 0) is 36.8 Å². The molecular weight excluding hydrogens is 276 g/mol. The molecule has 4 heteroatoms. The van der Waals surface area contributed by atoms with Gasteiger partial charge in [-0.3, -0.25) is 4.79 Å². The van der Waals surface area contributed by atoms with Gasteiger partial charge in [0, 0.05) is 5.56 Å². The number of Topliss-reactive ketones (excluding diaryl/α,β-unsaturated/α-hetero) is 1. The molecule has 0 atom stereocenters. The number of carbonyl (C=O) groups is 1. The first-order valence-electron chi connectivity index (χ1n) is 6.10. The topological polar surface area (TPSA) is 35.5 Å². The minimum absolute atomic E-state index is 0.0615. The monoisotopic (exact) mass is 290 g/mol. The van der Waals surface area contributed by atoms with Crippen LogP contribution in [-0.4, -0.2) is 20.0 Å². The fraction of sp³-hybridized carbons (Fsp3) is 0.188. The molecule has 0 spiro atoms. The maximum Gasteiger partial charge on any atom is 0.161 e. The van der Waals surface area contributed by atoms with Crippen molar-refractivity contribution in [3.8, 4) is 22.6 Å². The summed E-state index contributed by atoms with van der Waals surface area (Å²) in [5.41, 5.74) is 2.16. The molecule has 0 aliphatic heterocycles. The van der Waals surface area contributed by atoms with Crippen LogP contribution in [0.2, 0.25) is 5.02 Å². The van der Waals surface area contributed by atoms with E-state index in [9.17, 15) is 4.79 Å². The summed E-state index contributed by atoms with van der Waals surface area (Å²) in [6.07, 6.45) is 0. The second kappa shape index (κ2) is 5.97. The first-order chi connectivity index (χ1) is 9.58. The summed E-state index contributed by atoms with van der Waals surface area (Å²) in [6.45, 7) is 1.49. The molecule has 0 heterocycles. The molecule has 0 N–H and O–H groups in total. The van der Waals surface area contributed by atoms with Gasteiger partial charge in [0.2, 0.25) is 0 Å². The number of rotatable bonds is 4. The highest BCUT2D eigenvalue weighted by Crippen LogP contribution is 2.39. The van der Waals surface area contributed by atoms with Gasteiger partial charge < -0.3 is 9.47 Å². The molecule has 0 saturated carbocycles. The molecule has 0 saturated heterocycles. The molecule has 2 rings (SSSR count). The third-order valence-corrected chi connectivity index (χ3v) is 3.38. The number of halogens is 1. The number of carbonyl (C=O) groups excluding carboxylic acids is 1. The zero-order chi connectivity index (χ0) is 14.7. The molecule has 0 aliphatic rings. The quantitative estimate of drug-likeness (QED) is 0.791. The van der Waals surface area contributed by atoms with Crippen molar-refractivity contribution in [1.82, 2.24) is 0 Å². The number of benzene rings is 2. The van der Waals surface area contributed by atoms with Crippen LogP contribution in [0.4, 0.5) is 0 Å². The smallest absolute Gasteiger partial charge is 0.161 e. The molecule has 0 amide bonds. The van der Waals surface area contributed by atoms with E-state index in [0.717, 1.165) is 11.1 Å². The lowest BCUT2D eigenvalue weighted by atomic mass is 10.0. The molecular formula is C16H15ClO3. The highest BCUT2D eigenvalue weighted by Gasteiger charge is 2.14. The maximum absolute atomic E-state index is 11.4.